The van der Waals surface area contributed by atoms with E-state index in [1.54, 1.807) is 19.2 Å². The molecule has 1 N–H and O–H groups in total. The van der Waals surface area contributed by atoms with E-state index >= 15 is 0 Å². The van der Waals surface area contributed by atoms with Gasteiger partial charge in [-0.15, -0.1) is 24.0 Å². The van der Waals surface area contributed by atoms with Crippen LogP contribution in [0.4, 0.5) is 4.39 Å². The molecule has 0 radical (unpaired) electrons. The van der Waals surface area contributed by atoms with Crippen LogP contribution in [0.15, 0.2) is 29.3 Å². The van der Waals surface area contributed by atoms with E-state index in [2.05, 4.69) is 10.3 Å². The molecule has 1 aromatic carbocycles. The molecule has 0 spiro atoms. The number of nitrogens with zero attached hydrogens (tertiary/aromatic N) is 2. The van der Waals surface area contributed by atoms with Crippen molar-refractivity contribution in [3.8, 4) is 0 Å². The van der Waals surface area contributed by atoms with Crippen LogP contribution in [-0.4, -0.2) is 51.9 Å². The van der Waals surface area contributed by atoms with Gasteiger partial charge in [-0.3, -0.25) is 4.99 Å². The second-order valence-corrected chi connectivity index (χ2v) is 7.20. The highest BCUT2D eigenvalue weighted by atomic mass is 127. The van der Waals surface area contributed by atoms with Gasteiger partial charge in [0.25, 0.3) is 0 Å². The summed E-state index contributed by atoms with van der Waals surface area (Å²) in [5.41, 5.74) is 0.970. The standard InChI is InChI=1S/C14H22FN3O2S.HI/c1-16-14(17-9-4-10-21(3,19)20)18(2)11-12-5-7-13(15)8-6-12;/h5-8H,4,9-11H2,1-3H3,(H,16,17);1H. The zero-order chi connectivity index (χ0) is 15.9. The molecule has 0 atom stereocenters. The number of rotatable bonds is 6. The lowest BCUT2D eigenvalue weighted by atomic mass is 10.2. The van der Waals surface area contributed by atoms with Crippen molar-refractivity contribution < 1.29 is 12.8 Å². The molecule has 0 aliphatic carbocycles. The first-order chi connectivity index (χ1) is 9.81. The molecular weight excluding hydrogens is 420 g/mol. The van der Waals surface area contributed by atoms with Crippen LogP contribution in [0, 0.1) is 5.82 Å². The number of hydrogen-bond acceptors (Lipinski definition) is 3. The van der Waals surface area contributed by atoms with Gasteiger partial charge in [0.1, 0.15) is 15.7 Å². The van der Waals surface area contributed by atoms with Crippen LogP contribution < -0.4 is 5.32 Å². The minimum absolute atomic E-state index is 0. The quantitative estimate of drug-likeness (QED) is 0.316. The summed E-state index contributed by atoms with van der Waals surface area (Å²) >= 11 is 0. The molecular formula is C14H23FIN3O2S. The number of nitrogens with one attached hydrogen (secondary N) is 1. The maximum absolute atomic E-state index is 12.9. The zero-order valence-electron chi connectivity index (χ0n) is 13.0. The summed E-state index contributed by atoms with van der Waals surface area (Å²) in [6, 6.07) is 6.29. The van der Waals surface area contributed by atoms with Gasteiger partial charge in [0.15, 0.2) is 5.96 Å². The van der Waals surface area contributed by atoms with Gasteiger partial charge in [-0.25, -0.2) is 12.8 Å². The van der Waals surface area contributed by atoms with Crippen molar-refractivity contribution in [1.29, 1.82) is 0 Å². The summed E-state index contributed by atoms with van der Waals surface area (Å²) in [6.07, 6.45) is 1.75. The van der Waals surface area contributed by atoms with Crippen molar-refractivity contribution >= 4 is 39.8 Å². The summed E-state index contributed by atoms with van der Waals surface area (Å²) < 4.78 is 34.9. The lowest BCUT2D eigenvalue weighted by molar-refractivity contribution is 0.476. The molecule has 1 aromatic rings. The normalized spacial score (nSPS) is 11.7. The molecule has 0 amide bonds. The first-order valence-corrected chi connectivity index (χ1v) is 8.72. The highest BCUT2D eigenvalue weighted by molar-refractivity contribution is 14.0. The molecule has 1 rings (SSSR count). The molecule has 126 valence electrons. The van der Waals surface area contributed by atoms with Crippen molar-refractivity contribution in [2.24, 2.45) is 4.99 Å². The Labute approximate surface area is 148 Å². The monoisotopic (exact) mass is 443 g/mol. The fourth-order valence-corrected chi connectivity index (χ4v) is 2.53. The van der Waals surface area contributed by atoms with Crippen LogP contribution >= 0.6 is 24.0 Å². The summed E-state index contributed by atoms with van der Waals surface area (Å²) in [5.74, 6) is 0.566. The highest BCUT2D eigenvalue weighted by Gasteiger charge is 2.07. The molecule has 0 heterocycles. The molecule has 5 nitrogen and oxygen atoms in total. The molecule has 0 saturated heterocycles. The van der Waals surface area contributed by atoms with Crippen LogP contribution in [0.3, 0.4) is 0 Å². The van der Waals surface area contributed by atoms with Gasteiger partial charge >= 0.3 is 0 Å². The summed E-state index contributed by atoms with van der Waals surface area (Å²) in [7, 11) is 0.606. The van der Waals surface area contributed by atoms with E-state index < -0.39 is 9.84 Å². The van der Waals surface area contributed by atoms with Crippen LogP contribution in [0.25, 0.3) is 0 Å². The van der Waals surface area contributed by atoms with Crippen LogP contribution in [-0.2, 0) is 16.4 Å². The summed E-state index contributed by atoms with van der Waals surface area (Å²) in [4.78, 5) is 6.04. The number of hydrogen-bond donors (Lipinski definition) is 1. The number of guanidine groups is 1. The van der Waals surface area contributed by atoms with Crippen molar-refractivity contribution in [3.63, 3.8) is 0 Å². The van der Waals surface area contributed by atoms with Gasteiger partial charge in [0, 0.05) is 33.4 Å². The second kappa shape index (κ2) is 9.98. The van der Waals surface area contributed by atoms with E-state index in [-0.39, 0.29) is 35.5 Å². The molecule has 0 bridgehead atoms. The van der Waals surface area contributed by atoms with E-state index in [1.165, 1.54) is 18.4 Å². The largest absolute Gasteiger partial charge is 0.356 e. The fourth-order valence-electron chi connectivity index (χ4n) is 1.86. The summed E-state index contributed by atoms with van der Waals surface area (Å²) in [6.45, 7) is 1.12. The molecule has 0 aliphatic rings. The van der Waals surface area contributed by atoms with Crippen LogP contribution in [0.1, 0.15) is 12.0 Å². The molecule has 22 heavy (non-hydrogen) atoms. The molecule has 0 unspecified atom stereocenters. The number of halogens is 2. The first-order valence-electron chi connectivity index (χ1n) is 6.66. The lowest BCUT2D eigenvalue weighted by Crippen LogP contribution is -2.39. The zero-order valence-corrected chi connectivity index (χ0v) is 16.2. The maximum Gasteiger partial charge on any atom is 0.193 e. The Kier molecular flexibility index (Phi) is 9.58. The molecule has 0 aliphatic heterocycles. The predicted octanol–water partition coefficient (Wildman–Crippen LogP) is 1.89. The summed E-state index contributed by atoms with van der Waals surface area (Å²) in [5, 5.41) is 3.11. The van der Waals surface area contributed by atoms with Crippen molar-refractivity contribution in [2.45, 2.75) is 13.0 Å². The number of benzene rings is 1. The highest BCUT2D eigenvalue weighted by Crippen LogP contribution is 2.05. The van der Waals surface area contributed by atoms with Crippen molar-refractivity contribution in [2.75, 3.05) is 32.6 Å². The second-order valence-electron chi connectivity index (χ2n) is 4.94. The van der Waals surface area contributed by atoms with Gasteiger partial charge in [-0.2, -0.15) is 0 Å². The van der Waals surface area contributed by atoms with E-state index in [9.17, 15) is 12.8 Å². The topological polar surface area (TPSA) is 61.8 Å². The van der Waals surface area contributed by atoms with Gasteiger partial charge in [-0.1, -0.05) is 12.1 Å². The molecule has 0 aromatic heterocycles. The van der Waals surface area contributed by atoms with E-state index in [0.717, 1.165) is 5.56 Å². The fraction of sp³-hybridized carbons (Fsp3) is 0.500. The van der Waals surface area contributed by atoms with Crippen LogP contribution in [0.5, 0.6) is 0 Å². The Bertz CT molecular complexity index is 576. The van der Waals surface area contributed by atoms with E-state index in [4.69, 9.17) is 0 Å². The minimum Gasteiger partial charge on any atom is -0.356 e. The van der Waals surface area contributed by atoms with E-state index in [1.807, 2.05) is 11.9 Å². The third-order valence-electron chi connectivity index (χ3n) is 2.88. The molecule has 8 heteroatoms. The minimum atomic E-state index is -2.93. The van der Waals surface area contributed by atoms with Gasteiger partial charge in [-0.05, 0) is 24.1 Å². The van der Waals surface area contributed by atoms with Crippen LogP contribution in [0.2, 0.25) is 0 Å². The smallest absolute Gasteiger partial charge is 0.193 e. The average Bonchev–Trinajstić information content (AvgIpc) is 2.40. The van der Waals surface area contributed by atoms with Crippen molar-refractivity contribution in [3.05, 3.63) is 35.6 Å². The maximum atomic E-state index is 12.9. The number of aliphatic imine (C=N–C) groups is 1. The molecule has 0 saturated carbocycles. The Hall–Kier alpha value is -0.900. The molecule has 0 fully saturated rings. The van der Waals surface area contributed by atoms with Gasteiger partial charge in [0.2, 0.25) is 0 Å². The Morgan fingerprint density at radius 2 is 1.91 bits per heavy atom. The van der Waals surface area contributed by atoms with Gasteiger partial charge < -0.3 is 10.2 Å². The lowest BCUT2D eigenvalue weighted by Gasteiger charge is -2.22. The van der Waals surface area contributed by atoms with Gasteiger partial charge in [0.05, 0.1) is 5.75 Å². The Morgan fingerprint density at radius 1 is 1.32 bits per heavy atom. The van der Waals surface area contributed by atoms with Crippen molar-refractivity contribution in [1.82, 2.24) is 10.2 Å². The Morgan fingerprint density at radius 3 is 2.41 bits per heavy atom. The third-order valence-corrected chi connectivity index (χ3v) is 3.91. The van der Waals surface area contributed by atoms with E-state index in [0.29, 0.717) is 25.5 Å². The Balaban J connectivity index is 0.00000441. The SMILES string of the molecule is CN=C(NCCCS(C)(=O)=O)N(C)Cc1ccc(F)cc1.I. The predicted molar refractivity (Wildman–Crippen MR) is 99.0 cm³/mol. The average molecular weight is 443 g/mol. The third kappa shape index (κ3) is 8.52. The number of sulfone groups is 1. The first kappa shape index (κ1) is 21.1.